The van der Waals surface area contributed by atoms with Crippen molar-refractivity contribution >= 4 is 65.6 Å². The second-order valence-corrected chi connectivity index (χ2v) is 17.0. The summed E-state index contributed by atoms with van der Waals surface area (Å²) in [5, 5.41) is 6.84. The molecule has 0 spiro atoms. The molecule has 0 radical (unpaired) electrons. The van der Waals surface area contributed by atoms with Crippen LogP contribution in [0.4, 0.5) is 0 Å². The number of hydrogen-bond acceptors (Lipinski definition) is 4. The second-order valence-electron chi connectivity index (χ2n) is 17.0. The molecule has 0 bridgehead atoms. The fourth-order valence-corrected chi connectivity index (χ4v) is 9.12. The highest BCUT2D eigenvalue weighted by Gasteiger charge is 2.30. The van der Waals surface area contributed by atoms with E-state index in [-0.39, 0.29) is 0 Å². The van der Waals surface area contributed by atoms with Gasteiger partial charge in [0.25, 0.3) is 0 Å². The van der Waals surface area contributed by atoms with E-state index in [2.05, 4.69) is 160 Å². The molecule has 0 aliphatic rings. The predicted octanol–water partition coefficient (Wildman–Crippen LogP) is 14.7. The molecule has 292 valence electrons. The van der Waals surface area contributed by atoms with Crippen LogP contribution in [0, 0.1) is 0 Å². The molecule has 0 amide bonds. The van der Waals surface area contributed by atoms with E-state index < -0.39 is 0 Å². The van der Waals surface area contributed by atoms with E-state index in [1.165, 1.54) is 27.5 Å². The SMILES string of the molecule is CC(C)c1ccc2oc3c(c2c1)c1c2cc(C(C)C)ccc2n(-c2ccccc2)c1c1c2cc(C(C)C)ccc2n(-c2nc(-c4ccccc4)nc(-c4ccccc4)n2)c31. The average molecular weight is 780 g/mol. The lowest BCUT2D eigenvalue weighted by molar-refractivity contribution is 0.670. The fraction of sp³-hybridized carbons (Fsp3) is 0.167. The highest BCUT2D eigenvalue weighted by atomic mass is 16.3. The number of fused-ring (bicyclic) bond motifs is 12. The highest BCUT2D eigenvalue weighted by Crippen LogP contribution is 2.50. The van der Waals surface area contributed by atoms with Crippen LogP contribution in [0.25, 0.3) is 100.0 Å². The lowest BCUT2D eigenvalue weighted by Gasteiger charge is -2.12. The molecule has 60 heavy (non-hydrogen) atoms. The van der Waals surface area contributed by atoms with Crippen LogP contribution in [0.15, 0.2) is 150 Å². The maximum Gasteiger partial charge on any atom is 0.238 e. The Morgan fingerprint density at radius 1 is 0.433 bits per heavy atom. The molecule has 0 N–H and O–H groups in total. The molecule has 4 aromatic heterocycles. The molecule has 11 rings (SSSR count). The van der Waals surface area contributed by atoms with E-state index in [4.69, 9.17) is 19.4 Å². The van der Waals surface area contributed by atoms with E-state index in [9.17, 15) is 0 Å². The Labute approximate surface area is 348 Å². The molecule has 11 aromatic rings. The van der Waals surface area contributed by atoms with Crippen molar-refractivity contribution in [2.75, 3.05) is 0 Å². The summed E-state index contributed by atoms with van der Waals surface area (Å²) < 4.78 is 12.0. The first-order valence-corrected chi connectivity index (χ1v) is 21.1. The molecular formula is C54H45N5O. The van der Waals surface area contributed by atoms with Gasteiger partial charge in [-0.1, -0.05) is 139 Å². The molecule has 7 aromatic carbocycles. The van der Waals surface area contributed by atoms with Crippen LogP contribution >= 0.6 is 0 Å². The Bertz CT molecular complexity index is 3390. The first-order chi connectivity index (χ1) is 29.2. The quantitative estimate of drug-likeness (QED) is 0.162. The monoisotopic (exact) mass is 779 g/mol. The minimum absolute atomic E-state index is 0.313. The molecule has 4 heterocycles. The predicted molar refractivity (Wildman–Crippen MR) is 249 cm³/mol. The summed E-state index contributed by atoms with van der Waals surface area (Å²) in [5.41, 5.74) is 12.7. The lowest BCUT2D eigenvalue weighted by Crippen LogP contribution is -2.06. The molecule has 0 saturated carbocycles. The zero-order valence-electron chi connectivity index (χ0n) is 34.7. The van der Waals surface area contributed by atoms with Gasteiger partial charge in [0.15, 0.2) is 17.2 Å². The molecular weight excluding hydrogens is 735 g/mol. The Hall–Kier alpha value is -7.05. The van der Waals surface area contributed by atoms with Crippen molar-refractivity contribution in [3.8, 4) is 34.4 Å². The van der Waals surface area contributed by atoms with E-state index in [1.54, 1.807) is 0 Å². The zero-order valence-corrected chi connectivity index (χ0v) is 34.7. The van der Waals surface area contributed by atoms with Gasteiger partial charge in [-0.05, 0) is 83.0 Å². The summed E-state index contributed by atoms with van der Waals surface area (Å²) in [5.74, 6) is 2.76. The van der Waals surface area contributed by atoms with Gasteiger partial charge in [-0.15, -0.1) is 0 Å². The highest BCUT2D eigenvalue weighted by molar-refractivity contribution is 6.39. The van der Waals surface area contributed by atoms with E-state index in [0.29, 0.717) is 35.4 Å². The normalized spacial score (nSPS) is 12.3. The maximum atomic E-state index is 7.25. The number of hydrogen-bond donors (Lipinski definition) is 0. The standard InChI is InChI=1S/C54H45N5O/c1-31(2)36-22-25-43-40(28-36)46-47-42-30-38(33(5)6)24-27-45(42)60-51(47)50-48(49(46)58(43)39-20-14-9-15-21-39)41-29-37(32(3)4)23-26-44(41)59(50)54-56-52(34-16-10-7-11-17-34)55-53(57-54)35-18-12-8-13-19-35/h7-33H,1-6H3. The second kappa shape index (κ2) is 13.8. The molecule has 6 nitrogen and oxygen atoms in total. The van der Waals surface area contributed by atoms with Gasteiger partial charge in [0, 0.05) is 49.1 Å². The number of benzene rings is 7. The van der Waals surface area contributed by atoms with Crippen LogP contribution in [0.1, 0.15) is 76.0 Å². The summed E-state index contributed by atoms with van der Waals surface area (Å²) in [7, 11) is 0. The van der Waals surface area contributed by atoms with Crippen LogP contribution in [0.3, 0.4) is 0 Å². The number of furan rings is 1. The van der Waals surface area contributed by atoms with Crippen LogP contribution in [0.2, 0.25) is 0 Å². The molecule has 0 aliphatic heterocycles. The Kier molecular flexibility index (Phi) is 8.28. The van der Waals surface area contributed by atoms with Crippen molar-refractivity contribution in [1.82, 2.24) is 24.1 Å². The van der Waals surface area contributed by atoms with Crippen LogP contribution in [0.5, 0.6) is 0 Å². The number of rotatable bonds is 7. The Balaban J connectivity index is 1.43. The smallest absolute Gasteiger partial charge is 0.238 e. The first-order valence-electron chi connectivity index (χ1n) is 21.1. The summed E-state index contributed by atoms with van der Waals surface area (Å²) in [6.07, 6.45) is 0. The maximum absolute atomic E-state index is 7.25. The Morgan fingerprint density at radius 3 is 1.47 bits per heavy atom. The van der Waals surface area contributed by atoms with Crippen molar-refractivity contribution in [3.05, 3.63) is 162 Å². The van der Waals surface area contributed by atoms with Gasteiger partial charge in [0.1, 0.15) is 11.1 Å². The van der Waals surface area contributed by atoms with Crippen LogP contribution in [-0.4, -0.2) is 24.1 Å². The first kappa shape index (κ1) is 36.1. The van der Waals surface area contributed by atoms with Crippen molar-refractivity contribution in [3.63, 3.8) is 0 Å². The van der Waals surface area contributed by atoms with Gasteiger partial charge in [-0.3, -0.25) is 4.57 Å². The summed E-state index contributed by atoms with van der Waals surface area (Å²) in [4.78, 5) is 15.8. The van der Waals surface area contributed by atoms with Crippen LogP contribution in [-0.2, 0) is 0 Å². The third kappa shape index (κ3) is 5.51. The van der Waals surface area contributed by atoms with E-state index in [0.717, 1.165) is 71.6 Å². The third-order valence-electron chi connectivity index (χ3n) is 12.3. The van der Waals surface area contributed by atoms with Crippen molar-refractivity contribution in [1.29, 1.82) is 0 Å². The van der Waals surface area contributed by atoms with Gasteiger partial charge in [-0.25, -0.2) is 4.98 Å². The fourth-order valence-electron chi connectivity index (χ4n) is 9.12. The summed E-state index contributed by atoms with van der Waals surface area (Å²) >= 11 is 0. The van der Waals surface area contributed by atoms with E-state index >= 15 is 0 Å². The molecule has 0 aliphatic carbocycles. The molecule has 0 saturated heterocycles. The largest absolute Gasteiger partial charge is 0.454 e. The van der Waals surface area contributed by atoms with Crippen molar-refractivity contribution < 1.29 is 4.42 Å². The number of aromatic nitrogens is 5. The molecule has 6 heteroatoms. The Morgan fingerprint density at radius 2 is 0.917 bits per heavy atom. The lowest BCUT2D eigenvalue weighted by atomic mass is 9.95. The molecule has 0 atom stereocenters. The van der Waals surface area contributed by atoms with Gasteiger partial charge < -0.3 is 8.98 Å². The average Bonchev–Trinajstić information content (AvgIpc) is 3.94. The van der Waals surface area contributed by atoms with Crippen molar-refractivity contribution in [2.45, 2.75) is 59.3 Å². The minimum Gasteiger partial charge on any atom is -0.454 e. The van der Waals surface area contributed by atoms with E-state index in [1.807, 2.05) is 36.4 Å². The third-order valence-corrected chi connectivity index (χ3v) is 12.3. The number of nitrogens with zero attached hydrogens (tertiary/aromatic N) is 5. The van der Waals surface area contributed by atoms with Gasteiger partial charge in [0.2, 0.25) is 5.95 Å². The zero-order chi connectivity index (χ0) is 40.8. The minimum atomic E-state index is 0.313. The van der Waals surface area contributed by atoms with Gasteiger partial charge >= 0.3 is 0 Å². The molecule has 0 unspecified atom stereocenters. The topological polar surface area (TPSA) is 61.7 Å². The summed E-state index contributed by atoms with van der Waals surface area (Å²) in [6, 6.07) is 51.8. The van der Waals surface area contributed by atoms with Crippen molar-refractivity contribution in [2.24, 2.45) is 0 Å². The van der Waals surface area contributed by atoms with Crippen LogP contribution < -0.4 is 0 Å². The molecule has 0 fully saturated rings. The number of para-hydroxylation sites is 1. The summed E-state index contributed by atoms with van der Waals surface area (Å²) in [6.45, 7) is 13.6. The van der Waals surface area contributed by atoms with Gasteiger partial charge in [0.05, 0.1) is 16.6 Å². The van der Waals surface area contributed by atoms with Gasteiger partial charge in [-0.2, -0.15) is 9.97 Å².